The summed E-state index contributed by atoms with van der Waals surface area (Å²) < 4.78 is 0. The fourth-order valence-corrected chi connectivity index (χ4v) is 2.13. The van der Waals surface area contributed by atoms with Crippen molar-refractivity contribution in [2.24, 2.45) is 0 Å². The second-order valence-electron chi connectivity index (χ2n) is 4.42. The Kier molecular flexibility index (Phi) is 6.05. The number of piperidine rings is 1. The molecule has 0 aliphatic carbocycles. The van der Waals surface area contributed by atoms with Gasteiger partial charge in [-0.2, -0.15) is 9.59 Å². The molecule has 0 aromatic carbocycles. The minimum absolute atomic E-state index is 0.250. The molecule has 1 fully saturated rings. The molecule has 1 aliphatic heterocycles. The van der Waals surface area contributed by atoms with Crippen LogP contribution in [0.1, 0.15) is 12.8 Å². The highest BCUT2D eigenvalue weighted by molar-refractivity contribution is 5.37. The molecule has 0 bridgehead atoms. The Bertz CT molecular complexity index is 369. The summed E-state index contributed by atoms with van der Waals surface area (Å²) in [5.41, 5.74) is 0. The Morgan fingerprint density at radius 2 is 1.94 bits per heavy atom. The second-order valence-corrected chi connectivity index (χ2v) is 4.42. The van der Waals surface area contributed by atoms with E-state index in [1.54, 1.807) is 0 Å². The van der Waals surface area contributed by atoms with Crippen molar-refractivity contribution in [2.75, 3.05) is 32.1 Å². The summed E-state index contributed by atoms with van der Waals surface area (Å²) in [6, 6.07) is 6.74. The molecule has 2 rings (SSSR count). The number of rotatable bonds is 2. The van der Waals surface area contributed by atoms with Gasteiger partial charge in [0.25, 0.3) is 0 Å². The number of hydrogen-bond donors (Lipinski definition) is 0. The first kappa shape index (κ1) is 14.4. The third kappa shape index (κ3) is 4.28. The van der Waals surface area contributed by atoms with Gasteiger partial charge in [0.2, 0.25) is 0 Å². The number of aromatic nitrogens is 1. The summed E-state index contributed by atoms with van der Waals surface area (Å²) in [5.74, 6) is 1.09. The molecule has 18 heavy (non-hydrogen) atoms. The molecule has 0 saturated carbocycles. The minimum atomic E-state index is 0.250. The molecule has 5 nitrogen and oxygen atoms in total. The third-order valence-electron chi connectivity index (χ3n) is 3.25. The van der Waals surface area contributed by atoms with Gasteiger partial charge in [-0.05, 0) is 45.1 Å². The van der Waals surface area contributed by atoms with Gasteiger partial charge < -0.3 is 9.80 Å². The summed E-state index contributed by atoms with van der Waals surface area (Å²) >= 11 is 0. The summed E-state index contributed by atoms with van der Waals surface area (Å²) in [6.07, 6.45) is 4.59. The van der Waals surface area contributed by atoms with Gasteiger partial charge in [-0.25, -0.2) is 4.98 Å². The van der Waals surface area contributed by atoms with Gasteiger partial charge in [-0.1, -0.05) is 6.07 Å². The van der Waals surface area contributed by atoms with Crippen molar-refractivity contribution in [1.82, 2.24) is 9.88 Å². The van der Waals surface area contributed by atoms with Crippen molar-refractivity contribution in [2.45, 2.75) is 18.9 Å². The van der Waals surface area contributed by atoms with Gasteiger partial charge in [0.1, 0.15) is 5.82 Å². The predicted molar refractivity (Wildman–Crippen MR) is 68.2 cm³/mol. The average molecular weight is 249 g/mol. The lowest BCUT2D eigenvalue weighted by Gasteiger charge is -2.35. The zero-order chi connectivity index (χ0) is 13.4. The number of hydrogen-bond acceptors (Lipinski definition) is 5. The first-order valence-electron chi connectivity index (χ1n) is 6.00. The Balaban J connectivity index is 0.000000492. The zero-order valence-electron chi connectivity index (χ0n) is 10.9. The molecule has 0 N–H and O–H groups in total. The van der Waals surface area contributed by atoms with Crippen LogP contribution in [-0.4, -0.2) is 49.3 Å². The van der Waals surface area contributed by atoms with Crippen LogP contribution in [-0.2, 0) is 9.59 Å². The molecule has 2 heterocycles. The van der Waals surface area contributed by atoms with Crippen LogP contribution in [0.4, 0.5) is 5.82 Å². The van der Waals surface area contributed by atoms with E-state index < -0.39 is 0 Å². The van der Waals surface area contributed by atoms with E-state index in [1.807, 2.05) is 18.3 Å². The Hall–Kier alpha value is -1.71. The fourth-order valence-electron chi connectivity index (χ4n) is 2.13. The van der Waals surface area contributed by atoms with E-state index in [4.69, 9.17) is 9.59 Å². The van der Waals surface area contributed by atoms with Gasteiger partial charge in [0.05, 0.1) is 0 Å². The maximum absolute atomic E-state index is 8.12. The summed E-state index contributed by atoms with van der Waals surface area (Å²) in [6.45, 7) is 2.39. The van der Waals surface area contributed by atoms with Crippen LogP contribution in [0.25, 0.3) is 0 Å². The Morgan fingerprint density at radius 1 is 1.33 bits per heavy atom. The van der Waals surface area contributed by atoms with Crippen molar-refractivity contribution in [1.29, 1.82) is 0 Å². The minimum Gasteiger partial charge on any atom is -0.357 e. The molecule has 5 heteroatoms. The van der Waals surface area contributed by atoms with Crippen molar-refractivity contribution >= 4 is 12.0 Å². The molecule has 0 spiro atoms. The van der Waals surface area contributed by atoms with Crippen molar-refractivity contribution in [3.05, 3.63) is 24.4 Å². The largest absolute Gasteiger partial charge is 0.373 e. The van der Waals surface area contributed by atoms with Crippen molar-refractivity contribution < 1.29 is 9.59 Å². The fraction of sp³-hybridized carbons (Fsp3) is 0.538. The van der Waals surface area contributed by atoms with E-state index in [-0.39, 0.29) is 6.15 Å². The lowest BCUT2D eigenvalue weighted by Crippen LogP contribution is -2.42. The maximum Gasteiger partial charge on any atom is 0.373 e. The molecule has 0 amide bonds. The number of carbonyl (C=O) groups excluding carboxylic acids is 2. The number of anilines is 1. The van der Waals surface area contributed by atoms with Gasteiger partial charge in [0.15, 0.2) is 0 Å². The van der Waals surface area contributed by atoms with E-state index >= 15 is 0 Å². The van der Waals surface area contributed by atoms with E-state index in [0.29, 0.717) is 6.04 Å². The predicted octanol–water partition coefficient (Wildman–Crippen LogP) is 1.03. The van der Waals surface area contributed by atoms with Crippen LogP contribution in [0, 0.1) is 0 Å². The van der Waals surface area contributed by atoms with Gasteiger partial charge in [0, 0.05) is 19.3 Å². The van der Waals surface area contributed by atoms with E-state index in [9.17, 15) is 0 Å². The highest BCUT2D eigenvalue weighted by atomic mass is 16.2. The van der Waals surface area contributed by atoms with Crippen LogP contribution in [0.15, 0.2) is 24.4 Å². The molecule has 1 aromatic heterocycles. The first-order valence-corrected chi connectivity index (χ1v) is 6.00. The molecule has 0 atom stereocenters. The van der Waals surface area contributed by atoms with E-state index in [2.05, 4.69) is 34.9 Å². The average Bonchev–Trinajstić information content (AvgIpc) is 2.41. The van der Waals surface area contributed by atoms with E-state index in [1.165, 1.54) is 25.9 Å². The topological polar surface area (TPSA) is 53.5 Å². The van der Waals surface area contributed by atoms with Crippen molar-refractivity contribution in [3.63, 3.8) is 0 Å². The molecule has 98 valence electrons. The SMILES string of the molecule is CN1CCC(N(C)c2ccccn2)CC1.O=C=O. The Labute approximate surface area is 107 Å². The second kappa shape index (κ2) is 7.58. The van der Waals surface area contributed by atoms with Gasteiger partial charge in [-0.15, -0.1) is 0 Å². The molecule has 1 aliphatic rings. The van der Waals surface area contributed by atoms with Gasteiger partial charge in [-0.3, -0.25) is 0 Å². The van der Waals surface area contributed by atoms with Crippen LogP contribution in [0.3, 0.4) is 0 Å². The number of likely N-dealkylation sites (tertiary alicyclic amines) is 1. The lowest BCUT2D eigenvalue weighted by atomic mass is 10.0. The molecule has 0 radical (unpaired) electrons. The standard InChI is InChI=1S/C12H19N3.CO2/c1-14-9-6-11(7-10-14)15(2)12-5-3-4-8-13-12;2-1-3/h3-5,8,11H,6-7,9-10H2,1-2H3;. The smallest absolute Gasteiger partial charge is 0.357 e. The maximum atomic E-state index is 8.12. The molecule has 0 unspecified atom stereocenters. The normalized spacial score (nSPS) is 16.3. The highest BCUT2D eigenvalue weighted by Crippen LogP contribution is 2.19. The Morgan fingerprint density at radius 3 is 2.44 bits per heavy atom. The molecular formula is C13H19N3O2. The van der Waals surface area contributed by atoms with Gasteiger partial charge >= 0.3 is 6.15 Å². The summed E-state index contributed by atoms with van der Waals surface area (Å²) in [7, 11) is 4.34. The summed E-state index contributed by atoms with van der Waals surface area (Å²) in [5, 5.41) is 0. The quantitative estimate of drug-likeness (QED) is 0.783. The van der Waals surface area contributed by atoms with Crippen LogP contribution in [0.5, 0.6) is 0 Å². The van der Waals surface area contributed by atoms with Crippen molar-refractivity contribution in [3.8, 4) is 0 Å². The summed E-state index contributed by atoms with van der Waals surface area (Å²) in [4.78, 5) is 25.3. The zero-order valence-corrected chi connectivity index (χ0v) is 10.9. The van der Waals surface area contributed by atoms with E-state index in [0.717, 1.165) is 5.82 Å². The lowest BCUT2D eigenvalue weighted by molar-refractivity contribution is -0.191. The van der Waals surface area contributed by atoms with Crippen LogP contribution in [0.2, 0.25) is 0 Å². The molecular weight excluding hydrogens is 230 g/mol. The number of pyridine rings is 1. The third-order valence-corrected chi connectivity index (χ3v) is 3.25. The van der Waals surface area contributed by atoms with Crippen LogP contribution >= 0.6 is 0 Å². The first-order chi connectivity index (χ1) is 8.69. The molecule has 1 aromatic rings. The number of nitrogens with zero attached hydrogens (tertiary/aromatic N) is 3. The highest BCUT2D eigenvalue weighted by Gasteiger charge is 2.20. The van der Waals surface area contributed by atoms with Crippen LogP contribution < -0.4 is 4.90 Å². The molecule has 1 saturated heterocycles. The monoisotopic (exact) mass is 249 g/mol.